The van der Waals surface area contributed by atoms with E-state index in [4.69, 9.17) is 21.7 Å². The molecule has 3 heterocycles. The Morgan fingerprint density at radius 1 is 1.47 bits per heavy atom. The molecule has 1 unspecified atom stereocenters. The van der Waals surface area contributed by atoms with Crippen molar-refractivity contribution >= 4 is 17.4 Å². The molecule has 1 aromatic heterocycles. The van der Waals surface area contributed by atoms with Crippen LogP contribution in [0.4, 0.5) is 0 Å². The predicted molar refractivity (Wildman–Crippen MR) is 66.1 cm³/mol. The van der Waals surface area contributed by atoms with Crippen LogP contribution in [0.3, 0.4) is 0 Å². The van der Waals surface area contributed by atoms with Gasteiger partial charge in [-0.15, -0.1) is 0 Å². The summed E-state index contributed by atoms with van der Waals surface area (Å²) in [6, 6.07) is 0.533. The molecule has 0 spiro atoms. The molecule has 0 aromatic carbocycles. The molecule has 2 aliphatic rings. The largest absolute Gasteiger partial charge is 0.428 e. The zero-order chi connectivity index (χ0) is 11.8. The summed E-state index contributed by atoms with van der Waals surface area (Å²) >= 11 is 5.03. The number of thiocarbonyl (C=S) groups is 1. The van der Waals surface area contributed by atoms with E-state index in [-0.39, 0.29) is 6.04 Å². The smallest absolute Gasteiger partial charge is 0.262 e. The van der Waals surface area contributed by atoms with Gasteiger partial charge >= 0.3 is 0 Å². The number of fused-ring (bicyclic) bond motifs is 1. The zero-order valence-electron chi connectivity index (χ0n) is 9.68. The van der Waals surface area contributed by atoms with Crippen LogP contribution in [0.25, 0.3) is 0 Å². The summed E-state index contributed by atoms with van der Waals surface area (Å²) in [5.41, 5.74) is 0.935. The lowest BCUT2D eigenvalue weighted by atomic mass is 10.1. The van der Waals surface area contributed by atoms with Crippen molar-refractivity contribution in [2.75, 3.05) is 13.2 Å². The summed E-state index contributed by atoms with van der Waals surface area (Å²) in [7, 11) is 0. The maximum absolute atomic E-state index is 5.48. The van der Waals surface area contributed by atoms with Gasteiger partial charge in [0.05, 0.1) is 18.3 Å². The minimum absolute atomic E-state index is 0.118. The first-order valence-corrected chi connectivity index (χ1v) is 6.30. The van der Waals surface area contributed by atoms with E-state index in [9.17, 15) is 0 Å². The van der Waals surface area contributed by atoms with Crippen molar-refractivity contribution < 1.29 is 9.47 Å². The second-order valence-corrected chi connectivity index (χ2v) is 4.83. The van der Waals surface area contributed by atoms with Gasteiger partial charge in [0.1, 0.15) is 5.69 Å². The fourth-order valence-electron chi connectivity index (χ4n) is 2.28. The van der Waals surface area contributed by atoms with E-state index < -0.39 is 0 Å². The van der Waals surface area contributed by atoms with Crippen molar-refractivity contribution in [2.24, 2.45) is 0 Å². The molecule has 3 rings (SSSR count). The molecule has 0 bridgehead atoms. The number of nitrogens with one attached hydrogen (secondary N) is 1. The molecule has 1 N–H and O–H groups in total. The van der Waals surface area contributed by atoms with Crippen LogP contribution in [0.5, 0.6) is 5.75 Å². The van der Waals surface area contributed by atoms with Gasteiger partial charge in [0, 0.05) is 13.2 Å². The normalized spacial score (nSPS) is 25.0. The maximum Gasteiger partial charge on any atom is 0.262 e. The second kappa shape index (κ2) is 4.27. The molecular formula is C11H15N3O2S. The van der Waals surface area contributed by atoms with Gasteiger partial charge in [-0.3, -0.25) is 4.68 Å². The van der Waals surface area contributed by atoms with E-state index in [1.807, 2.05) is 17.8 Å². The number of nitrogens with zero attached hydrogens (tertiary/aromatic N) is 2. The number of hydrogen-bond acceptors (Lipinski definition) is 4. The van der Waals surface area contributed by atoms with Gasteiger partial charge in [-0.05, 0) is 32.0 Å². The van der Waals surface area contributed by atoms with Crippen LogP contribution in [-0.4, -0.2) is 28.2 Å². The third-order valence-corrected chi connectivity index (χ3v) is 3.44. The maximum atomic E-state index is 5.48. The molecule has 0 aliphatic carbocycles. The Morgan fingerprint density at radius 3 is 3.00 bits per heavy atom. The monoisotopic (exact) mass is 253 g/mol. The number of hydrogen-bond donors (Lipinski definition) is 1. The molecule has 2 aliphatic heterocycles. The molecule has 1 aromatic rings. The lowest BCUT2D eigenvalue weighted by molar-refractivity contribution is 0.0661. The Morgan fingerprint density at radius 2 is 2.24 bits per heavy atom. The van der Waals surface area contributed by atoms with Crippen molar-refractivity contribution in [3.05, 3.63) is 11.9 Å². The van der Waals surface area contributed by atoms with Crippen LogP contribution >= 0.6 is 12.2 Å². The van der Waals surface area contributed by atoms with Gasteiger partial charge in [-0.2, -0.15) is 5.10 Å². The van der Waals surface area contributed by atoms with Crippen molar-refractivity contribution in [2.45, 2.75) is 31.8 Å². The minimum Gasteiger partial charge on any atom is -0.428 e. The van der Waals surface area contributed by atoms with Gasteiger partial charge in [0.2, 0.25) is 0 Å². The predicted octanol–water partition coefficient (Wildman–Crippen LogP) is 1.56. The fraction of sp³-hybridized carbons (Fsp3) is 0.636. The number of ether oxygens (including phenoxy) is 2. The van der Waals surface area contributed by atoms with Gasteiger partial charge in [-0.1, -0.05) is 0 Å². The Kier molecular flexibility index (Phi) is 2.76. The highest BCUT2D eigenvalue weighted by Gasteiger charge is 2.26. The van der Waals surface area contributed by atoms with Gasteiger partial charge in [0.25, 0.3) is 5.17 Å². The van der Waals surface area contributed by atoms with Gasteiger partial charge < -0.3 is 14.8 Å². The van der Waals surface area contributed by atoms with E-state index >= 15 is 0 Å². The quantitative estimate of drug-likeness (QED) is 0.770. The van der Waals surface area contributed by atoms with Gasteiger partial charge in [-0.25, -0.2) is 0 Å². The van der Waals surface area contributed by atoms with E-state index in [1.165, 1.54) is 0 Å². The number of rotatable bonds is 1. The lowest BCUT2D eigenvalue weighted by Crippen LogP contribution is -2.33. The van der Waals surface area contributed by atoms with Crippen LogP contribution in [0, 0.1) is 0 Å². The molecule has 0 amide bonds. The molecule has 6 heteroatoms. The lowest BCUT2D eigenvalue weighted by Gasteiger charge is -2.22. The molecular weight excluding hydrogens is 238 g/mol. The van der Waals surface area contributed by atoms with Crippen LogP contribution in [0.1, 0.15) is 37.5 Å². The standard InChI is InChI=1S/C11H15N3O2S/c1-7-10-9(16-11(17)12-7)6-14(13-10)8-2-4-15-5-3-8/h6-8H,2-5H2,1H3,(H,12,17). The topological polar surface area (TPSA) is 48.3 Å². The van der Waals surface area contributed by atoms with E-state index in [2.05, 4.69) is 10.4 Å². The van der Waals surface area contributed by atoms with E-state index in [0.717, 1.165) is 37.5 Å². The Balaban J connectivity index is 1.88. The summed E-state index contributed by atoms with van der Waals surface area (Å²) in [5.74, 6) is 0.785. The third kappa shape index (κ3) is 2.02. The third-order valence-electron chi connectivity index (χ3n) is 3.24. The van der Waals surface area contributed by atoms with E-state index in [0.29, 0.717) is 11.2 Å². The fourth-order valence-corrected chi connectivity index (χ4v) is 2.55. The molecule has 1 fully saturated rings. The molecule has 92 valence electrons. The first kappa shape index (κ1) is 11.0. The van der Waals surface area contributed by atoms with Crippen molar-refractivity contribution in [1.29, 1.82) is 0 Å². The van der Waals surface area contributed by atoms with Crippen LogP contribution in [0.2, 0.25) is 0 Å². The summed E-state index contributed by atoms with van der Waals surface area (Å²) in [6.07, 6.45) is 3.97. The van der Waals surface area contributed by atoms with Crippen molar-refractivity contribution in [3.63, 3.8) is 0 Å². The summed E-state index contributed by atoms with van der Waals surface area (Å²) in [6.45, 7) is 3.65. The minimum atomic E-state index is 0.118. The molecule has 17 heavy (non-hydrogen) atoms. The Bertz CT molecular complexity index is 440. The molecule has 0 saturated carbocycles. The SMILES string of the molecule is CC1NC(=S)Oc2cn(C3CCOCC3)nc21. The first-order chi connectivity index (χ1) is 8.24. The summed E-state index contributed by atoms with van der Waals surface area (Å²) in [5, 5.41) is 8.09. The Labute approximate surface area is 105 Å². The van der Waals surface area contributed by atoms with Crippen molar-refractivity contribution in [1.82, 2.24) is 15.1 Å². The summed E-state index contributed by atoms with van der Waals surface area (Å²) in [4.78, 5) is 0. The summed E-state index contributed by atoms with van der Waals surface area (Å²) < 4.78 is 12.8. The highest BCUT2D eigenvalue weighted by atomic mass is 32.1. The molecule has 1 saturated heterocycles. The Hall–Kier alpha value is -1.14. The molecule has 5 nitrogen and oxygen atoms in total. The average Bonchev–Trinajstić information content (AvgIpc) is 2.74. The van der Waals surface area contributed by atoms with Crippen LogP contribution in [0.15, 0.2) is 6.20 Å². The molecule has 1 atom stereocenters. The molecule has 0 radical (unpaired) electrons. The van der Waals surface area contributed by atoms with Crippen LogP contribution < -0.4 is 10.1 Å². The second-order valence-electron chi connectivity index (χ2n) is 4.46. The average molecular weight is 253 g/mol. The van der Waals surface area contributed by atoms with Crippen LogP contribution in [-0.2, 0) is 4.74 Å². The van der Waals surface area contributed by atoms with Crippen molar-refractivity contribution in [3.8, 4) is 5.75 Å². The first-order valence-electron chi connectivity index (χ1n) is 5.89. The number of aromatic nitrogens is 2. The van der Waals surface area contributed by atoms with Gasteiger partial charge in [0.15, 0.2) is 5.75 Å². The highest BCUT2D eigenvalue weighted by molar-refractivity contribution is 7.80. The van der Waals surface area contributed by atoms with E-state index in [1.54, 1.807) is 0 Å². The highest BCUT2D eigenvalue weighted by Crippen LogP contribution is 2.30. The zero-order valence-corrected chi connectivity index (χ0v) is 10.5.